The number of carboxylic acids is 1. The summed E-state index contributed by atoms with van der Waals surface area (Å²) < 4.78 is 0. The van der Waals surface area contributed by atoms with E-state index >= 15 is 0 Å². The lowest BCUT2D eigenvalue weighted by atomic mass is 9.97. The number of amides is 4. The minimum absolute atomic E-state index is 0.123. The van der Waals surface area contributed by atoms with E-state index in [2.05, 4.69) is 20.9 Å². The third kappa shape index (κ3) is 8.56. The van der Waals surface area contributed by atoms with Gasteiger partial charge in [-0.1, -0.05) is 66.7 Å². The number of fused-ring (bicyclic) bond motifs is 1. The van der Waals surface area contributed by atoms with E-state index in [4.69, 9.17) is 0 Å². The van der Waals surface area contributed by atoms with Gasteiger partial charge in [0.15, 0.2) is 0 Å². The number of hydrogen-bond acceptors (Lipinski definition) is 6. The summed E-state index contributed by atoms with van der Waals surface area (Å²) in [7, 11) is 0. The van der Waals surface area contributed by atoms with Gasteiger partial charge in [0.25, 0.3) is 0 Å². The second-order valence-electron chi connectivity index (χ2n) is 12.0. The molecule has 0 radical (unpaired) electrons. The molecular weight excluding hydrogens is 586 g/mol. The Morgan fingerprint density at radius 1 is 0.826 bits per heavy atom. The van der Waals surface area contributed by atoms with Gasteiger partial charge in [0.05, 0.1) is 12.8 Å². The maximum absolute atomic E-state index is 13.8. The number of aromatic nitrogens is 1. The molecule has 3 unspecified atom stereocenters. The minimum Gasteiger partial charge on any atom is -0.481 e. The van der Waals surface area contributed by atoms with E-state index in [1.54, 1.807) is 29.4 Å². The molecule has 2 aliphatic heterocycles. The monoisotopic (exact) mass is 625 g/mol. The summed E-state index contributed by atoms with van der Waals surface area (Å²) in [5.41, 5.74) is 2.42. The van der Waals surface area contributed by atoms with Crippen LogP contribution in [0.4, 0.5) is 0 Å². The van der Waals surface area contributed by atoms with Gasteiger partial charge in [-0.3, -0.25) is 29.0 Å². The van der Waals surface area contributed by atoms with Gasteiger partial charge in [-0.25, -0.2) is 0 Å². The first-order valence-corrected chi connectivity index (χ1v) is 15.7. The number of nitrogens with one attached hydrogen (secondary N) is 3. The standard InChI is InChI=1S/C35H39N5O6/c41-31(20-24-10-5-2-6-11-24)38-28-15-13-27-14-16-30(40(27)35(28)46)34(45)39-29(19-25-12-7-17-36-22-25)33(44)37-26(21-32(42)43)18-23-8-3-1-4-9-23/h1-12,17,22,26-30H,13-16,18-21H2,(H,37,44)(H,38,41)(H,39,45)(H,42,43)/t26-,27-,28?,29?,30?/m0/s1. The molecule has 0 bridgehead atoms. The third-order valence-corrected chi connectivity index (χ3v) is 8.58. The molecule has 3 heterocycles. The smallest absolute Gasteiger partial charge is 0.305 e. The van der Waals surface area contributed by atoms with Crippen LogP contribution >= 0.6 is 0 Å². The predicted octanol–water partition coefficient (Wildman–Crippen LogP) is 2.19. The fourth-order valence-corrected chi connectivity index (χ4v) is 6.40. The molecule has 2 aliphatic rings. The van der Waals surface area contributed by atoms with Crippen LogP contribution < -0.4 is 16.0 Å². The lowest BCUT2D eigenvalue weighted by molar-refractivity contribution is -0.146. The van der Waals surface area contributed by atoms with E-state index in [1.165, 1.54) is 0 Å². The fourth-order valence-electron chi connectivity index (χ4n) is 6.40. The second kappa shape index (κ2) is 15.3. The van der Waals surface area contributed by atoms with Crippen LogP contribution in [0.2, 0.25) is 0 Å². The van der Waals surface area contributed by atoms with Gasteiger partial charge in [-0.05, 0) is 54.9 Å². The first kappa shape index (κ1) is 32.3. The largest absolute Gasteiger partial charge is 0.481 e. The van der Waals surface area contributed by atoms with Crippen LogP contribution in [0, 0.1) is 0 Å². The Labute approximate surface area is 267 Å². The highest BCUT2D eigenvalue weighted by Crippen LogP contribution is 2.33. The van der Waals surface area contributed by atoms with E-state index in [0.717, 1.165) is 11.1 Å². The Morgan fingerprint density at radius 3 is 2.17 bits per heavy atom. The Bertz CT molecular complexity index is 1520. The van der Waals surface area contributed by atoms with E-state index in [9.17, 15) is 29.1 Å². The Kier molecular flexibility index (Phi) is 10.7. The fraction of sp³-hybridized carbons (Fsp3) is 0.371. The highest BCUT2D eigenvalue weighted by molar-refractivity contribution is 5.95. The molecule has 2 fully saturated rings. The minimum atomic E-state index is -1.06. The van der Waals surface area contributed by atoms with Crippen molar-refractivity contribution in [3.8, 4) is 0 Å². The number of aliphatic carboxylic acids is 1. The van der Waals surface area contributed by atoms with Crippen LogP contribution in [0.1, 0.15) is 48.8 Å². The molecule has 4 N–H and O–H groups in total. The Hall–Kier alpha value is -5.06. The number of benzene rings is 2. The topological polar surface area (TPSA) is 158 Å². The Morgan fingerprint density at radius 2 is 1.50 bits per heavy atom. The van der Waals surface area contributed by atoms with Gasteiger partial charge < -0.3 is 26.0 Å². The normalized spacial score (nSPS) is 20.2. The van der Waals surface area contributed by atoms with Crippen molar-refractivity contribution >= 4 is 29.6 Å². The molecule has 11 nitrogen and oxygen atoms in total. The molecule has 5 rings (SSSR count). The molecule has 2 aromatic carbocycles. The molecule has 2 saturated heterocycles. The molecule has 11 heteroatoms. The van der Waals surface area contributed by atoms with Crippen molar-refractivity contribution in [3.63, 3.8) is 0 Å². The Balaban J connectivity index is 1.28. The molecule has 1 aromatic heterocycles. The van der Waals surface area contributed by atoms with Crippen molar-refractivity contribution in [1.82, 2.24) is 25.8 Å². The average molecular weight is 626 g/mol. The molecule has 0 spiro atoms. The molecule has 3 aromatic rings. The summed E-state index contributed by atoms with van der Waals surface area (Å²) in [6, 6.07) is 18.7. The number of rotatable bonds is 13. The molecule has 240 valence electrons. The van der Waals surface area contributed by atoms with Crippen LogP contribution in [-0.4, -0.2) is 74.8 Å². The third-order valence-electron chi connectivity index (χ3n) is 8.58. The van der Waals surface area contributed by atoms with Crippen molar-refractivity contribution < 1.29 is 29.1 Å². The number of hydrogen-bond donors (Lipinski definition) is 4. The van der Waals surface area contributed by atoms with Gasteiger partial charge in [0, 0.05) is 30.9 Å². The van der Waals surface area contributed by atoms with Crippen molar-refractivity contribution in [1.29, 1.82) is 0 Å². The summed E-state index contributed by atoms with van der Waals surface area (Å²) in [5, 5.41) is 18.1. The molecule has 46 heavy (non-hydrogen) atoms. The SMILES string of the molecule is O=C(O)C[C@H](Cc1ccccc1)NC(=O)C(Cc1cccnc1)NC(=O)C1CC[C@@H]2CCC(NC(=O)Cc3ccccc3)C(=O)N12. The number of carbonyl (C=O) groups is 5. The molecule has 0 aliphatic carbocycles. The zero-order chi connectivity index (χ0) is 32.5. The molecule has 4 amide bonds. The average Bonchev–Trinajstić information content (AvgIpc) is 3.48. The number of piperidine rings is 1. The number of carboxylic acid groups (broad SMARTS) is 1. The zero-order valence-electron chi connectivity index (χ0n) is 25.5. The summed E-state index contributed by atoms with van der Waals surface area (Å²) >= 11 is 0. The van der Waals surface area contributed by atoms with Crippen LogP contribution in [0.25, 0.3) is 0 Å². The summed E-state index contributed by atoms with van der Waals surface area (Å²) in [6.45, 7) is 0. The van der Waals surface area contributed by atoms with E-state index in [1.807, 2.05) is 60.7 Å². The van der Waals surface area contributed by atoms with Gasteiger partial charge in [0.2, 0.25) is 23.6 Å². The van der Waals surface area contributed by atoms with Crippen LogP contribution in [0.15, 0.2) is 85.2 Å². The molecule has 0 saturated carbocycles. The van der Waals surface area contributed by atoms with Crippen molar-refractivity contribution in [2.24, 2.45) is 0 Å². The lowest BCUT2D eigenvalue weighted by Gasteiger charge is -2.38. The van der Waals surface area contributed by atoms with Crippen LogP contribution in [0.5, 0.6) is 0 Å². The van der Waals surface area contributed by atoms with Gasteiger partial charge in [-0.15, -0.1) is 0 Å². The first-order valence-electron chi connectivity index (χ1n) is 15.7. The summed E-state index contributed by atoms with van der Waals surface area (Å²) in [6.07, 6.45) is 5.72. The van der Waals surface area contributed by atoms with Gasteiger partial charge in [0.1, 0.15) is 18.1 Å². The van der Waals surface area contributed by atoms with Crippen LogP contribution in [-0.2, 0) is 43.2 Å². The van der Waals surface area contributed by atoms with Crippen LogP contribution in [0.3, 0.4) is 0 Å². The molecule has 5 atom stereocenters. The summed E-state index contributed by atoms with van der Waals surface area (Å²) in [4.78, 5) is 71.2. The number of pyridine rings is 1. The maximum Gasteiger partial charge on any atom is 0.305 e. The van der Waals surface area contributed by atoms with Crippen molar-refractivity contribution in [2.75, 3.05) is 0 Å². The summed E-state index contributed by atoms with van der Waals surface area (Å²) in [5.74, 6) is -2.60. The zero-order valence-corrected chi connectivity index (χ0v) is 25.5. The molecular formula is C35H39N5O6. The van der Waals surface area contributed by atoms with Gasteiger partial charge in [-0.2, -0.15) is 0 Å². The van der Waals surface area contributed by atoms with Crippen molar-refractivity contribution in [3.05, 3.63) is 102 Å². The highest BCUT2D eigenvalue weighted by atomic mass is 16.4. The predicted molar refractivity (Wildman–Crippen MR) is 169 cm³/mol. The van der Waals surface area contributed by atoms with Gasteiger partial charge >= 0.3 is 5.97 Å². The maximum atomic E-state index is 13.8. The number of carbonyl (C=O) groups excluding carboxylic acids is 4. The van der Waals surface area contributed by atoms with E-state index in [-0.39, 0.29) is 37.1 Å². The number of nitrogens with zero attached hydrogens (tertiary/aromatic N) is 2. The van der Waals surface area contributed by atoms with Crippen molar-refractivity contribution in [2.45, 2.75) is 81.6 Å². The first-order chi connectivity index (χ1) is 22.3. The quantitative estimate of drug-likeness (QED) is 0.227. The van der Waals surface area contributed by atoms with E-state index < -0.39 is 42.0 Å². The highest BCUT2D eigenvalue weighted by Gasteiger charge is 2.46. The lowest BCUT2D eigenvalue weighted by Crippen LogP contribution is -2.60. The van der Waals surface area contributed by atoms with E-state index in [0.29, 0.717) is 37.7 Å². The second-order valence-corrected chi connectivity index (χ2v) is 12.0.